The van der Waals surface area contributed by atoms with Crippen LogP contribution in [0.5, 0.6) is 0 Å². The van der Waals surface area contributed by atoms with Crippen LogP contribution in [-0.4, -0.2) is 16.4 Å². The minimum absolute atomic E-state index is 0.0716. The Bertz CT molecular complexity index is 893. The van der Waals surface area contributed by atoms with Gasteiger partial charge in [-0.25, -0.2) is 4.98 Å². The van der Waals surface area contributed by atoms with E-state index in [2.05, 4.69) is 5.32 Å². The molecule has 0 saturated heterocycles. The summed E-state index contributed by atoms with van der Waals surface area (Å²) in [5.74, 6) is -0.0716. The lowest BCUT2D eigenvalue weighted by Crippen LogP contribution is -2.40. The molecule has 0 fully saturated rings. The lowest BCUT2D eigenvalue weighted by Gasteiger charge is -2.21. The number of carbonyl (C=O) groups excluding carboxylic acids is 1. The number of aryl methyl sites for hydroxylation is 1. The normalized spacial score (nSPS) is 11.5. The van der Waals surface area contributed by atoms with Gasteiger partial charge in [0.15, 0.2) is 0 Å². The number of amides is 1. The summed E-state index contributed by atoms with van der Waals surface area (Å²) in [5.41, 5.74) is 4.14. The molecule has 0 unspecified atom stereocenters. The summed E-state index contributed by atoms with van der Waals surface area (Å²) < 4.78 is 0. The molecule has 0 bridgehead atoms. The lowest BCUT2D eigenvalue weighted by atomic mass is 10.00. The van der Waals surface area contributed by atoms with Crippen LogP contribution < -0.4 is 5.32 Å². The molecule has 0 saturated carbocycles. The molecule has 2 aromatic carbocycles. The molecular formula is C21H22N2O. The topological polar surface area (TPSA) is 42.0 Å². The smallest absolute Gasteiger partial charge is 0.252 e. The van der Waals surface area contributed by atoms with E-state index in [0.717, 1.165) is 27.7 Å². The van der Waals surface area contributed by atoms with E-state index in [-0.39, 0.29) is 11.4 Å². The Morgan fingerprint density at radius 3 is 2.38 bits per heavy atom. The van der Waals surface area contributed by atoms with Gasteiger partial charge < -0.3 is 5.32 Å². The van der Waals surface area contributed by atoms with E-state index >= 15 is 0 Å². The maximum Gasteiger partial charge on any atom is 0.252 e. The highest BCUT2D eigenvalue weighted by atomic mass is 16.1. The highest BCUT2D eigenvalue weighted by molar-refractivity contribution is 6.08. The second-order valence-corrected chi connectivity index (χ2v) is 7.10. The van der Waals surface area contributed by atoms with Gasteiger partial charge >= 0.3 is 0 Å². The SMILES string of the molecule is Cc1cccc2c(C(=O)NC(C)(C)C)cc(-c3ccccc3)nc12. The van der Waals surface area contributed by atoms with E-state index in [1.54, 1.807) is 0 Å². The van der Waals surface area contributed by atoms with Crippen LogP contribution >= 0.6 is 0 Å². The highest BCUT2D eigenvalue weighted by Gasteiger charge is 2.19. The Hall–Kier alpha value is -2.68. The first kappa shape index (κ1) is 16.2. The van der Waals surface area contributed by atoms with Gasteiger partial charge in [-0.3, -0.25) is 4.79 Å². The van der Waals surface area contributed by atoms with Gasteiger partial charge in [0.25, 0.3) is 5.91 Å². The number of rotatable bonds is 2. The van der Waals surface area contributed by atoms with E-state index in [1.807, 2.05) is 82.3 Å². The van der Waals surface area contributed by atoms with Crippen LogP contribution in [-0.2, 0) is 0 Å². The summed E-state index contributed by atoms with van der Waals surface area (Å²) in [6.07, 6.45) is 0. The molecule has 1 heterocycles. The molecule has 0 aliphatic heterocycles. The number of nitrogens with one attached hydrogen (secondary N) is 1. The Balaban J connectivity index is 2.23. The number of pyridine rings is 1. The summed E-state index contributed by atoms with van der Waals surface area (Å²) in [6.45, 7) is 7.97. The Morgan fingerprint density at radius 2 is 1.71 bits per heavy atom. The van der Waals surface area contributed by atoms with Gasteiger partial charge in [-0.15, -0.1) is 0 Å². The molecule has 3 nitrogen and oxygen atoms in total. The van der Waals surface area contributed by atoms with Crippen LogP contribution in [0, 0.1) is 6.92 Å². The molecular weight excluding hydrogens is 296 g/mol. The fraction of sp³-hybridized carbons (Fsp3) is 0.238. The number of fused-ring (bicyclic) bond motifs is 1. The molecule has 122 valence electrons. The highest BCUT2D eigenvalue weighted by Crippen LogP contribution is 2.27. The van der Waals surface area contributed by atoms with Gasteiger partial charge in [0.1, 0.15) is 0 Å². The second kappa shape index (κ2) is 6.08. The van der Waals surface area contributed by atoms with Crippen LogP contribution in [0.4, 0.5) is 0 Å². The van der Waals surface area contributed by atoms with Crippen molar-refractivity contribution in [3.8, 4) is 11.3 Å². The van der Waals surface area contributed by atoms with Crippen molar-refractivity contribution in [1.82, 2.24) is 10.3 Å². The van der Waals surface area contributed by atoms with Crippen molar-refractivity contribution in [2.75, 3.05) is 0 Å². The number of nitrogens with zero attached hydrogens (tertiary/aromatic N) is 1. The maximum atomic E-state index is 12.8. The van der Waals surface area contributed by atoms with Crippen LogP contribution in [0.2, 0.25) is 0 Å². The van der Waals surface area contributed by atoms with Crippen molar-refractivity contribution >= 4 is 16.8 Å². The summed E-state index contributed by atoms with van der Waals surface area (Å²) >= 11 is 0. The molecule has 0 spiro atoms. The molecule has 1 aromatic heterocycles. The number of benzene rings is 2. The van der Waals surface area contributed by atoms with Gasteiger partial charge in [0.2, 0.25) is 0 Å². The third-order valence-corrected chi connectivity index (χ3v) is 3.84. The summed E-state index contributed by atoms with van der Waals surface area (Å²) in [6, 6.07) is 17.8. The quantitative estimate of drug-likeness (QED) is 0.741. The fourth-order valence-corrected chi connectivity index (χ4v) is 2.74. The largest absolute Gasteiger partial charge is 0.347 e. The molecule has 24 heavy (non-hydrogen) atoms. The zero-order chi connectivity index (χ0) is 17.3. The third kappa shape index (κ3) is 3.30. The van der Waals surface area contributed by atoms with E-state index in [4.69, 9.17) is 4.98 Å². The van der Waals surface area contributed by atoms with Crippen molar-refractivity contribution in [3.63, 3.8) is 0 Å². The van der Waals surface area contributed by atoms with Crippen molar-refractivity contribution < 1.29 is 4.79 Å². The van der Waals surface area contributed by atoms with Crippen LogP contribution in [0.15, 0.2) is 54.6 Å². The Morgan fingerprint density at radius 1 is 1.00 bits per heavy atom. The lowest BCUT2D eigenvalue weighted by molar-refractivity contribution is 0.0921. The van der Waals surface area contributed by atoms with Crippen molar-refractivity contribution in [2.45, 2.75) is 33.2 Å². The summed E-state index contributed by atoms with van der Waals surface area (Å²) in [5, 5.41) is 3.94. The number of hydrogen-bond acceptors (Lipinski definition) is 2. The van der Waals surface area contributed by atoms with Crippen molar-refractivity contribution in [3.05, 3.63) is 65.7 Å². The first-order valence-electron chi connectivity index (χ1n) is 8.13. The Labute approximate surface area is 142 Å². The number of para-hydroxylation sites is 1. The number of aromatic nitrogens is 1. The number of carbonyl (C=O) groups is 1. The zero-order valence-electron chi connectivity index (χ0n) is 14.6. The predicted octanol–water partition coefficient (Wildman–Crippen LogP) is 4.74. The first-order chi connectivity index (χ1) is 11.3. The molecule has 3 heteroatoms. The minimum Gasteiger partial charge on any atom is -0.347 e. The molecule has 0 atom stereocenters. The van der Waals surface area contributed by atoms with Gasteiger partial charge in [-0.2, -0.15) is 0 Å². The average molecular weight is 318 g/mol. The van der Waals surface area contributed by atoms with Crippen LogP contribution in [0.1, 0.15) is 36.7 Å². The molecule has 3 aromatic rings. The third-order valence-electron chi connectivity index (χ3n) is 3.84. The molecule has 0 aliphatic carbocycles. The molecule has 0 radical (unpaired) electrons. The van der Waals surface area contributed by atoms with E-state index < -0.39 is 0 Å². The van der Waals surface area contributed by atoms with Crippen LogP contribution in [0.25, 0.3) is 22.2 Å². The Kier molecular flexibility index (Phi) is 4.10. The summed E-state index contributed by atoms with van der Waals surface area (Å²) in [7, 11) is 0. The van der Waals surface area contributed by atoms with Gasteiger partial charge in [0, 0.05) is 16.5 Å². The fourth-order valence-electron chi connectivity index (χ4n) is 2.74. The van der Waals surface area contributed by atoms with Crippen molar-refractivity contribution in [2.24, 2.45) is 0 Å². The van der Waals surface area contributed by atoms with Crippen LogP contribution in [0.3, 0.4) is 0 Å². The van der Waals surface area contributed by atoms with Gasteiger partial charge in [-0.1, -0.05) is 48.5 Å². The summed E-state index contributed by atoms with van der Waals surface area (Å²) in [4.78, 5) is 17.6. The van der Waals surface area contributed by atoms with Gasteiger partial charge in [0.05, 0.1) is 16.8 Å². The molecule has 0 aliphatic rings. The minimum atomic E-state index is -0.288. The standard InChI is InChI=1S/C21H22N2O/c1-14-9-8-12-16-17(20(24)23-21(2,3)4)13-18(22-19(14)16)15-10-6-5-7-11-15/h5-13H,1-4H3,(H,23,24). The van der Waals surface area contributed by atoms with E-state index in [9.17, 15) is 4.79 Å². The van der Waals surface area contributed by atoms with Crippen molar-refractivity contribution in [1.29, 1.82) is 0 Å². The monoisotopic (exact) mass is 318 g/mol. The van der Waals surface area contributed by atoms with E-state index in [1.165, 1.54) is 0 Å². The number of hydrogen-bond donors (Lipinski definition) is 1. The maximum absolute atomic E-state index is 12.8. The molecule has 3 rings (SSSR count). The first-order valence-corrected chi connectivity index (χ1v) is 8.13. The molecule has 1 amide bonds. The average Bonchev–Trinajstić information content (AvgIpc) is 2.53. The predicted molar refractivity (Wildman–Crippen MR) is 99.1 cm³/mol. The van der Waals surface area contributed by atoms with Gasteiger partial charge in [-0.05, 0) is 39.3 Å². The zero-order valence-corrected chi connectivity index (χ0v) is 14.6. The van der Waals surface area contributed by atoms with E-state index in [0.29, 0.717) is 5.56 Å². The molecule has 1 N–H and O–H groups in total. The second-order valence-electron chi connectivity index (χ2n) is 7.10.